The van der Waals surface area contributed by atoms with Gasteiger partial charge in [0.05, 0.1) is 16.6 Å². The molecule has 1 aromatic rings. The normalized spacial score (nSPS) is 10.2. The third kappa shape index (κ3) is 1.58. The molecule has 0 aliphatic carbocycles. The lowest BCUT2D eigenvalue weighted by atomic mass is 10.3. The fourth-order valence-corrected chi connectivity index (χ4v) is 1.30. The fraction of sp³-hybridized carbons (Fsp3) is 0.143. The van der Waals surface area contributed by atoms with Crippen molar-refractivity contribution in [1.82, 2.24) is 0 Å². The highest BCUT2D eigenvalue weighted by atomic mass is 79.9. The molecule has 0 saturated heterocycles. The number of methoxy groups -OCH3 is 1. The molecule has 0 heterocycles. The van der Waals surface area contributed by atoms with Crippen LogP contribution < -0.4 is 4.74 Å². The van der Waals surface area contributed by atoms with Crippen LogP contribution in [-0.2, 0) is 0 Å². The van der Waals surface area contributed by atoms with Crippen molar-refractivity contribution in [3.05, 3.63) is 21.1 Å². The van der Waals surface area contributed by atoms with Crippen molar-refractivity contribution in [2.24, 2.45) is 0 Å². The van der Waals surface area contributed by atoms with Crippen molar-refractivity contribution in [2.45, 2.75) is 0 Å². The van der Waals surface area contributed by atoms with E-state index in [4.69, 9.17) is 16.7 Å². The second-order valence-corrected chi connectivity index (χ2v) is 3.31. The molecule has 0 unspecified atom stereocenters. The molecule has 0 atom stereocenters. The zero-order valence-electron chi connectivity index (χ0n) is 6.37. The van der Waals surface area contributed by atoms with E-state index in [1.807, 2.05) is 0 Å². The molecule has 0 aliphatic heterocycles. The summed E-state index contributed by atoms with van der Waals surface area (Å²) >= 11 is 8.14. The maximum atomic E-state index is 13.1. The minimum atomic E-state index is -1.18. The van der Waals surface area contributed by atoms with Gasteiger partial charge >= 0.3 is 0 Å². The summed E-state index contributed by atoms with van der Waals surface area (Å²) in [5.74, 6) is -3.71. The quantitative estimate of drug-likeness (QED) is 0.629. The Morgan fingerprint density at radius 2 is 1.92 bits per heavy atom. The molecule has 0 bridgehead atoms. The predicted molar refractivity (Wildman–Crippen MR) is 47.3 cm³/mol. The molecule has 2 nitrogen and oxygen atoms in total. The summed E-state index contributed by atoms with van der Waals surface area (Å²) in [5, 5.41) is 8.65. The number of phenols is 1. The Morgan fingerprint density at radius 3 is 2.38 bits per heavy atom. The lowest BCUT2D eigenvalue weighted by Crippen LogP contribution is -1.95. The highest BCUT2D eigenvalue weighted by molar-refractivity contribution is 9.10. The van der Waals surface area contributed by atoms with Gasteiger partial charge < -0.3 is 9.84 Å². The first kappa shape index (κ1) is 10.5. The lowest BCUT2D eigenvalue weighted by molar-refractivity contribution is 0.341. The standard InChI is InChI=1S/C7H4BrClF2O2/c1-13-7-4(10)3(9)2(8)6(12)5(7)11/h12H,1H3. The van der Waals surface area contributed by atoms with E-state index in [9.17, 15) is 8.78 Å². The first-order valence-corrected chi connectivity index (χ1v) is 4.26. The highest BCUT2D eigenvalue weighted by Crippen LogP contribution is 2.41. The van der Waals surface area contributed by atoms with E-state index in [1.165, 1.54) is 0 Å². The van der Waals surface area contributed by atoms with Crippen LogP contribution in [0.3, 0.4) is 0 Å². The average Bonchev–Trinajstić information content (AvgIpc) is 2.13. The van der Waals surface area contributed by atoms with Gasteiger partial charge in [0, 0.05) is 0 Å². The van der Waals surface area contributed by atoms with Crippen molar-refractivity contribution >= 4 is 27.5 Å². The maximum Gasteiger partial charge on any atom is 0.210 e. The molecule has 0 spiro atoms. The van der Waals surface area contributed by atoms with Crippen molar-refractivity contribution in [3.8, 4) is 11.5 Å². The summed E-state index contributed by atoms with van der Waals surface area (Å²) < 4.78 is 30.2. The second kappa shape index (κ2) is 3.67. The van der Waals surface area contributed by atoms with Crippen molar-refractivity contribution in [3.63, 3.8) is 0 Å². The van der Waals surface area contributed by atoms with Gasteiger partial charge in [0.15, 0.2) is 17.3 Å². The SMILES string of the molecule is COc1c(F)c(O)c(Br)c(Cl)c1F. The number of hydrogen-bond donors (Lipinski definition) is 1. The van der Waals surface area contributed by atoms with Gasteiger partial charge in [-0.3, -0.25) is 0 Å². The van der Waals surface area contributed by atoms with Gasteiger partial charge in [-0.1, -0.05) is 11.6 Å². The van der Waals surface area contributed by atoms with Gasteiger partial charge in [0.1, 0.15) is 0 Å². The smallest absolute Gasteiger partial charge is 0.210 e. The average molecular weight is 273 g/mol. The van der Waals surface area contributed by atoms with Crippen LogP contribution in [0.15, 0.2) is 4.47 Å². The van der Waals surface area contributed by atoms with Gasteiger partial charge in [-0.2, -0.15) is 4.39 Å². The molecule has 1 rings (SSSR count). The molecular formula is C7H4BrClF2O2. The Morgan fingerprint density at radius 1 is 1.38 bits per heavy atom. The number of halogens is 4. The summed E-state index contributed by atoms with van der Waals surface area (Å²) in [7, 11) is 1.07. The van der Waals surface area contributed by atoms with Gasteiger partial charge in [0.2, 0.25) is 5.82 Å². The van der Waals surface area contributed by atoms with Crippen molar-refractivity contribution in [2.75, 3.05) is 7.11 Å². The van der Waals surface area contributed by atoms with Crippen LogP contribution in [0.5, 0.6) is 11.5 Å². The van der Waals surface area contributed by atoms with E-state index in [0.29, 0.717) is 0 Å². The van der Waals surface area contributed by atoms with Crippen LogP contribution in [0.2, 0.25) is 5.02 Å². The Kier molecular flexibility index (Phi) is 2.98. The van der Waals surface area contributed by atoms with Crippen LogP contribution in [0.4, 0.5) is 8.78 Å². The van der Waals surface area contributed by atoms with Gasteiger partial charge in [-0.15, -0.1) is 0 Å². The van der Waals surface area contributed by atoms with E-state index in [-0.39, 0.29) is 4.47 Å². The number of benzene rings is 1. The number of hydrogen-bond acceptors (Lipinski definition) is 2. The van der Waals surface area contributed by atoms with Gasteiger partial charge in [0.25, 0.3) is 0 Å². The summed E-state index contributed by atoms with van der Waals surface area (Å²) in [5.41, 5.74) is 0. The zero-order valence-corrected chi connectivity index (χ0v) is 8.71. The Labute approximate surface area is 86.2 Å². The summed E-state index contributed by atoms with van der Waals surface area (Å²) in [4.78, 5) is 0. The van der Waals surface area contributed by atoms with Crippen LogP contribution in [-0.4, -0.2) is 12.2 Å². The fourth-order valence-electron chi connectivity index (χ4n) is 0.779. The number of ether oxygens (including phenoxy) is 1. The third-order valence-electron chi connectivity index (χ3n) is 1.40. The molecule has 0 amide bonds. The summed E-state index contributed by atoms with van der Waals surface area (Å²) in [6.07, 6.45) is 0. The predicted octanol–water partition coefficient (Wildman–Crippen LogP) is 3.09. The third-order valence-corrected chi connectivity index (χ3v) is 2.76. The molecular weight excluding hydrogens is 269 g/mol. The Balaban J connectivity index is 3.56. The minimum absolute atomic E-state index is 0.232. The summed E-state index contributed by atoms with van der Waals surface area (Å²) in [6, 6.07) is 0. The van der Waals surface area contributed by atoms with Crippen LogP contribution in [0.25, 0.3) is 0 Å². The van der Waals surface area contributed by atoms with E-state index < -0.39 is 28.2 Å². The molecule has 0 aliphatic rings. The monoisotopic (exact) mass is 272 g/mol. The van der Waals surface area contributed by atoms with E-state index in [1.54, 1.807) is 0 Å². The minimum Gasteiger partial charge on any atom is -0.504 e. The van der Waals surface area contributed by atoms with Crippen molar-refractivity contribution in [1.29, 1.82) is 0 Å². The number of aromatic hydroxyl groups is 1. The first-order valence-electron chi connectivity index (χ1n) is 3.09. The van der Waals surface area contributed by atoms with E-state index in [0.717, 1.165) is 7.11 Å². The number of rotatable bonds is 1. The number of phenolic OH excluding ortho intramolecular Hbond substituents is 1. The maximum absolute atomic E-state index is 13.1. The van der Waals surface area contributed by atoms with Gasteiger partial charge in [-0.05, 0) is 15.9 Å². The molecule has 0 saturated carbocycles. The van der Waals surface area contributed by atoms with Crippen LogP contribution in [0, 0.1) is 11.6 Å². The molecule has 0 radical (unpaired) electrons. The molecule has 13 heavy (non-hydrogen) atoms. The second-order valence-electron chi connectivity index (χ2n) is 2.14. The summed E-state index contributed by atoms with van der Waals surface area (Å²) in [6.45, 7) is 0. The van der Waals surface area contributed by atoms with Crippen LogP contribution in [0.1, 0.15) is 0 Å². The molecule has 1 N–H and O–H groups in total. The Bertz CT molecular complexity index is 328. The van der Waals surface area contributed by atoms with E-state index in [2.05, 4.69) is 20.7 Å². The van der Waals surface area contributed by atoms with Crippen molar-refractivity contribution < 1.29 is 18.6 Å². The molecule has 1 aromatic carbocycles. The lowest BCUT2D eigenvalue weighted by Gasteiger charge is -2.08. The molecule has 72 valence electrons. The topological polar surface area (TPSA) is 29.5 Å². The highest BCUT2D eigenvalue weighted by Gasteiger charge is 2.22. The molecule has 0 fully saturated rings. The first-order chi connectivity index (χ1) is 6.00. The van der Waals surface area contributed by atoms with Gasteiger partial charge in [-0.25, -0.2) is 4.39 Å². The molecule has 0 aromatic heterocycles. The molecule has 6 heteroatoms. The Hall–Kier alpha value is -0.550. The zero-order chi connectivity index (χ0) is 10.2. The van der Waals surface area contributed by atoms with Crippen LogP contribution >= 0.6 is 27.5 Å². The van der Waals surface area contributed by atoms with E-state index >= 15 is 0 Å². The largest absolute Gasteiger partial charge is 0.504 e.